The number of carbonyl (C=O) groups excluding carboxylic acids is 2. The summed E-state index contributed by atoms with van der Waals surface area (Å²) in [6.07, 6.45) is 4.91. The monoisotopic (exact) mass is 242 g/mol. The van der Waals surface area contributed by atoms with E-state index in [1.165, 1.54) is 0 Å². The van der Waals surface area contributed by atoms with Crippen molar-refractivity contribution in [2.45, 2.75) is 52.9 Å². The van der Waals surface area contributed by atoms with Crippen molar-refractivity contribution in [2.75, 3.05) is 19.6 Å². The molecule has 0 spiro atoms. The van der Waals surface area contributed by atoms with Crippen molar-refractivity contribution < 1.29 is 9.59 Å². The fourth-order valence-electron chi connectivity index (χ4n) is 1.65. The van der Waals surface area contributed by atoms with E-state index in [0.717, 1.165) is 32.1 Å². The van der Waals surface area contributed by atoms with Gasteiger partial charge in [0.15, 0.2) is 0 Å². The molecule has 100 valence electrons. The molecule has 0 fully saturated rings. The largest absolute Gasteiger partial charge is 0.348 e. The zero-order valence-corrected chi connectivity index (χ0v) is 11.4. The van der Waals surface area contributed by atoms with Crippen LogP contribution in [0.3, 0.4) is 0 Å². The van der Waals surface area contributed by atoms with E-state index >= 15 is 0 Å². The van der Waals surface area contributed by atoms with Gasteiger partial charge >= 0.3 is 11.8 Å². The molecule has 0 aliphatic carbocycles. The molecule has 0 aromatic carbocycles. The van der Waals surface area contributed by atoms with Crippen LogP contribution in [0.1, 0.15) is 52.9 Å². The SMILES string of the molecule is CCCCCNC(=O)C(=O)N(CCC)CCC. The second kappa shape index (κ2) is 10.1. The third-order valence-corrected chi connectivity index (χ3v) is 2.53. The van der Waals surface area contributed by atoms with Crippen LogP contribution in [-0.4, -0.2) is 36.3 Å². The Bertz CT molecular complexity index is 223. The van der Waals surface area contributed by atoms with Crippen molar-refractivity contribution >= 4 is 11.8 Å². The average Bonchev–Trinajstić information content (AvgIpc) is 2.33. The minimum absolute atomic E-state index is 0.384. The Balaban J connectivity index is 4.02. The number of amides is 2. The molecule has 0 aliphatic heterocycles. The van der Waals surface area contributed by atoms with E-state index in [1.54, 1.807) is 4.90 Å². The minimum Gasteiger partial charge on any atom is -0.348 e. The summed E-state index contributed by atoms with van der Waals surface area (Å²) in [6, 6.07) is 0. The molecule has 4 nitrogen and oxygen atoms in total. The molecule has 0 saturated carbocycles. The van der Waals surface area contributed by atoms with Crippen molar-refractivity contribution in [1.29, 1.82) is 0 Å². The maximum Gasteiger partial charge on any atom is 0.311 e. The first-order valence-corrected chi connectivity index (χ1v) is 6.74. The molecular formula is C13H26N2O2. The second-order valence-corrected chi connectivity index (χ2v) is 4.26. The van der Waals surface area contributed by atoms with Crippen LogP contribution >= 0.6 is 0 Å². The quantitative estimate of drug-likeness (QED) is 0.522. The molecule has 0 unspecified atom stereocenters. The van der Waals surface area contributed by atoms with Gasteiger partial charge in [-0.3, -0.25) is 9.59 Å². The molecule has 0 heterocycles. The third kappa shape index (κ3) is 6.97. The molecule has 0 aromatic rings. The van der Waals surface area contributed by atoms with Gasteiger partial charge in [-0.1, -0.05) is 33.6 Å². The maximum atomic E-state index is 11.8. The zero-order chi connectivity index (χ0) is 13.1. The van der Waals surface area contributed by atoms with E-state index in [0.29, 0.717) is 19.6 Å². The highest BCUT2D eigenvalue weighted by molar-refractivity contribution is 6.34. The van der Waals surface area contributed by atoms with E-state index in [4.69, 9.17) is 0 Å². The zero-order valence-electron chi connectivity index (χ0n) is 11.4. The fourth-order valence-corrected chi connectivity index (χ4v) is 1.65. The molecule has 0 bridgehead atoms. The van der Waals surface area contributed by atoms with Crippen molar-refractivity contribution in [3.05, 3.63) is 0 Å². The van der Waals surface area contributed by atoms with Gasteiger partial charge in [0.25, 0.3) is 0 Å². The molecule has 0 radical (unpaired) electrons. The second-order valence-electron chi connectivity index (χ2n) is 4.26. The number of hydrogen-bond donors (Lipinski definition) is 1. The lowest BCUT2D eigenvalue weighted by molar-refractivity contribution is -0.145. The summed E-state index contributed by atoms with van der Waals surface area (Å²) in [5.41, 5.74) is 0. The lowest BCUT2D eigenvalue weighted by Gasteiger charge is -2.20. The van der Waals surface area contributed by atoms with Crippen LogP contribution in [0.15, 0.2) is 0 Å². The first-order valence-electron chi connectivity index (χ1n) is 6.74. The first-order chi connectivity index (χ1) is 8.17. The summed E-state index contributed by atoms with van der Waals surface area (Å²) < 4.78 is 0. The topological polar surface area (TPSA) is 49.4 Å². The summed E-state index contributed by atoms with van der Waals surface area (Å²) in [6.45, 7) is 8.05. The molecule has 4 heteroatoms. The standard InChI is InChI=1S/C13H26N2O2/c1-4-7-8-9-14-12(16)13(17)15(10-5-2)11-6-3/h4-11H2,1-3H3,(H,14,16). The van der Waals surface area contributed by atoms with Crippen molar-refractivity contribution in [3.8, 4) is 0 Å². The lowest BCUT2D eigenvalue weighted by atomic mass is 10.2. The molecule has 2 amide bonds. The molecule has 0 atom stereocenters. The highest BCUT2D eigenvalue weighted by Gasteiger charge is 2.19. The summed E-state index contributed by atoms with van der Waals surface area (Å²) in [4.78, 5) is 25.0. The molecule has 0 rings (SSSR count). The summed E-state index contributed by atoms with van der Waals surface area (Å²) in [7, 11) is 0. The molecule has 1 N–H and O–H groups in total. The van der Waals surface area contributed by atoms with E-state index < -0.39 is 5.91 Å². The third-order valence-electron chi connectivity index (χ3n) is 2.53. The minimum atomic E-state index is -0.456. The van der Waals surface area contributed by atoms with Gasteiger partial charge in [0.1, 0.15) is 0 Å². The summed E-state index contributed by atoms with van der Waals surface area (Å²) in [5, 5.41) is 2.68. The number of unbranched alkanes of at least 4 members (excludes halogenated alkanes) is 2. The molecule has 0 aromatic heterocycles. The van der Waals surface area contributed by atoms with Crippen LogP contribution in [0, 0.1) is 0 Å². The van der Waals surface area contributed by atoms with Gasteiger partial charge in [0, 0.05) is 19.6 Å². The Morgan fingerprint density at radius 2 is 1.53 bits per heavy atom. The molecule has 0 aliphatic rings. The van der Waals surface area contributed by atoms with Crippen LogP contribution in [0.4, 0.5) is 0 Å². The van der Waals surface area contributed by atoms with Crippen molar-refractivity contribution in [3.63, 3.8) is 0 Å². The Morgan fingerprint density at radius 3 is 2.00 bits per heavy atom. The molecule has 0 saturated heterocycles. The Hall–Kier alpha value is -1.06. The van der Waals surface area contributed by atoms with Gasteiger partial charge in [0.05, 0.1) is 0 Å². The fraction of sp³-hybridized carbons (Fsp3) is 0.846. The first kappa shape index (κ1) is 15.9. The van der Waals surface area contributed by atoms with Gasteiger partial charge < -0.3 is 10.2 Å². The van der Waals surface area contributed by atoms with Crippen LogP contribution in [-0.2, 0) is 9.59 Å². The van der Waals surface area contributed by atoms with Crippen LogP contribution in [0.5, 0.6) is 0 Å². The van der Waals surface area contributed by atoms with Crippen LogP contribution < -0.4 is 5.32 Å². The molecule has 17 heavy (non-hydrogen) atoms. The summed E-state index contributed by atoms with van der Waals surface area (Å²) in [5.74, 6) is -0.840. The van der Waals surface area contributed by atoms with Gasteiger partial charge in [0.2, 0.25) is 0 Å². The number of carbonyl (C=O) groups is 2. The Labute approximate surface area is 105 Å². The van der Waals surface area contributed by atoms with Gasteiger partial charge in [-0.2, -0.15) is 0 Å². The maximum absolute atomic E-state index is 11.8. The van der Waals surface area contributed by atoms with Gasteiger partial charge in [-0.25, -0.2) is 0 Å². The smallest absolute Gasteiger partial charge is 0.311 e. The van der Waals surface area contributed by atoms with Crippen LogP contribution in [0.25, 0.3) is 0 Å². The summed E-state index contributed by atoms with van der Waals surface area (Å²) >= 11 is 0. The number of rotatable bonds is 8. The van der Waals surface area contributed by atoms with E-state index in [2.05, 4.69) is 12.2 Å². The Kier molecular flexibility index (Phi) is 9.49. The van der Waals surface area contributed by atoms with E-state index in [-0.39, 0.29) is 5.91 Å². The highest BCUT2D eigenvalue weighted by Crippen LogP contribution is 1.96. The molecular weight excluding hydrogens is 216 g/mol. The van der Waals surface area contributed by atoms with Gasteiger partial charge in [-0.05, 0) is 19.3 Å². The highest BCUT2D eigenvalue weighted by atomic mass is 16.2. The van der Waals surface area contributed by atoms with E-state index in [9.17, 15) is 9.59 Å². The van der Waals surface area contributed by atoms with E-state index in [1.807, 2.05) is 13.8 Å². The normalized spacial score (nSPS) is 10.1. The number of hydrogen-bond acceptors (Lipinski definition) is 2. The predicted molar refractivity (Wildman–Crippen MR) is 69.7 cm³/mol. The number of nitrogens with one attached hydrogen (secondary N) is 1. The predicted octanol–water partition coefficient (Wildman–Crippen LogP) is 1.94. The average molecular weight is 242 g/mol. The Morgan fingerprint density at radius 1 is 0.941 bits per heavy atom. The van der Waals surface area contributed by atoms with Crippen LogP contribution in [0.2, 0.25) is 0 Å². The van der Waals surface area contributed by atoms with Gasteiger partial charge in [-0.15, -0.1) is 0 Å². The lowest BCUT2D eigenvalue weighted by Crippen LogP contribution is -2.43. The number of nitrogens with zero attached hydrogens (tertiary/aromatic N) is 1. The van der Waals surface area contributed by atoms with Crippen molar-refractivity contribution in [2.24, 2.45) is 0 Å². The van der Waals surface area contributed by atoms with Crippen molar-refractivity contribution in [1.82, 2.24) is 10.2 Å².